The van der Waals surface area contributed by atoms with Gasteiger partial charge in [-0.05, 0) is 42.3 Å². The van der Waals surface area contributed by atoms with Crippen LogP contribution in [0.2, 0.25) is 0 Å². The van der Waals surface area contributed by atoms with E-state index in [4.69, 9.17) is 5.73 Å². The molecule has 2 aromatic carbocycles. The Morgan fingerprint density at radius 2 is 1.88 bits per heavy atom. The molecule has 3 aromatic rings. The molecule has 0 fully saturated rings. The van der Waals surface area contributed by atoms with Crippen LogP contribution in [0.1, 0.15) is 20.9 Å². The number of halogens is 3. The number of nitrogens with zero attached hydrogens (tertiary/aromatic N) is 1. The highest BCUT2D eigenvalue weighted by Crippen LogP contribution is 2.32. The van der Waals surface area contributed by atoms with Gasteiger partial charge in [-0.25, -0.2) is 4.98 Å². The number of benzene rings is 2. The molecule has 0 atom stereocenters. The molecule has 4 nitrogen and oxygen atoms in total. The molecule has 0 saturated carbocycles. The molecule has 1 heterocycles. The van der Waals surface area contributed by atoms with E-state index >= 15 is 0 Å². The summed E-state index contributed by atoms with van der Waals surface area (Å²) in [5.74, 6) is -0.398. The van der Waals surface area contributed by atoms with Gasteiger partial charge in [0.15, 0.2) is 5.01 Å². The van der Waals surface area contributed by atoms with Gasteiger partial charge in [-0.2, -0.15) is 13.2 Å². The third-order valence-corrected chi connectivity index (χ3v) is 4.62. The fourth-order valence-corrected chi connectivity index (χ4v) is 3.14. The van der Waals surface area contributed by atoms with Gasteiger partial charge in [-0.1, -0.05) is 12.1 Å². The molecule has 25 heavy (non-hydrogen) atoms. The number of thiazole rings is 1. The lowest BCUT2D eigenvalue weighted by Crippen LogP contribution is -2.25. The minimum atomic E-state index is -4.43. The van der Waals surface area contributed by atoms with Crippen molar-refractivity contribution in [2.75, 3.05) is 12.3 Å². The van der Waals surface area contributed by atoms with Crippen LogP contribution in [0.15, 0.2) is 42.5 Å². The molecule has 8 heteroatoms. The molecule has 0 aliphatic carbocycles. The number of nitrogens with two attached hydrogens (primary N) is 1. The monoisotopic (exact) mass is 365 g/mol. The maximum Gasteiger partial charge on any atom is 0.416 e. The number of hydrogen-bond donors (Lipinski definition) is 2. The second kappa shape index (κ2) is 6.72. The largest absolute Gasteiger partial charge is 0.416 e. The predicted molar refractivity (Wildman–Crippen MR) is 91.5 cm³/mol. The minimum absolute atomic E-state index is 0.145. The highest BCUT2D eigenvalue weighted by molar-refractivity contribution is 7.20. The summed E-state index contributed by atoms with van der Waals surface area (Å²) in [4.78, 5) is 16.1. The van der Waals surface area contributed by atoms with Crippen LogP contribution in [-0.2, 0) is 12.6 Å². The van der Waals surface area contributed by atoms with Crippen LogP contribution in [0.5, 0.6) is 0 Å². The van der Waals surface area contributed by atoms with Crippen LogP contribution in [0.4, 0.5) is 18.9 Å². The van der Waals surface area contributed by atoms with Crippen LogP contribution in [-0.4, -0.2) is 17.4 Å². The van der Waals surface area contributed by atoms with E-state index in [1.54, 1.807) is 12.1 Å². The number of hydrogen-bond acceptors (Lipinski definition) is 4. The number of carbonyl (C=O) groups is 1. The first-order valence-electron chi connectivity index (χ1n) is 7.43. The molecule has 0 aliphatic heterocycles. The molecule has 0 unspecified atom stereocenters. The van der Waals surface area contributed by atoms with Crippen molar-refractivity contribution in [3.8, 4) is 0 Å². The molecule has 130 valence electrons. The second-order valence-electron chi connectivity index (χ2n) is 5.45. The number of rotatable bonds is 4. The number of nitrogen functional groups attached to an aromatic ring is 1. The topological polar surface area (TPSA) is 68.0 Å². The average molecular weight is 365 g/mol. The van der Waals surface area contributed by atoms with Crippen LogP contribution < -0.4 is 11.1 Å². The van der Waals surface area contributed by atoms with Crippen molar-refractivity contribution < 1.29 is 18.0 Å². The molecular weight excluding hydrogens is 351 g/mol. The summed E-state index contributed by atoms with van der Waals surface area (Å²) in [6.45, 7) is 0.395. The maximum absolute atomic E-state index is 12.7. The van der Waals surface area contributed by atoms with Crippen LogP contribution in [0, 0.1) is 0 Å². The Kier molecular flexibility index (Phi) is 4.63. The number of fused-ring (bicyclic) bond motifs is 1. The van der Waals surface area contributed by atoms with E-state index in [0.29, 0.717) is 23.4 Å². The zero-order valence-electron chi connectivity index (χ0n) is 12.9. The van der Waals surface area contributed by atoms with E-state index in [1.807, 2.05) is 12.1 Å². The zero-order valence-corrected chi connectivity index (χ0v) is 13.7. The van der Waals surface area contributed by atoms with Crippen molar-refractivity contribution in [3.63, 3.8) is 0 Å². The fourth-order valence-electron chi connectivity index (χ4n) is 2.28. The van der Waals surface area contributed by atoms with Gasteiger partial charge in [0, 0.05) is 12.2 Å². The Morgan fingerprint density at radius 1 is 1.16 bits per heavy atom. The molecule has 0 radical (unpaired) electrons. The lowest BCUT2D eigenvalue weighted by molar-refractivity contribution is -0.137. The summed E-state index contributed by atoms with van der Waals surface area (Å²) in [5, 5.41) is 2.87. The van der Waals surface area contributed by atoms with Crippen molar-refractivity contribution >= 4 is 33.1 Å². The quantitative estimate of drug-likeness (QED) is 0.690. The van der Waals surface area contributed by atoms with E-state index in [0.717, 1.165) is 29.0 Å². The van der Waals surface area contributed by atoms with Crippen molar-refractivity contribution in [2.24, 2.45) is 0 Å². The Morgan fingerprint density at radius 3 is 2.56 bits per heavy atom. The number of aromatic nitrogens is 1. The first kappa shape index (κ1) is 17.2. The normalized spacial score (nSPS) is 11.6. The van der Waals surface area contributed by atoms with Gasteiger partial charge in [0.2, 0.25) is 0 Å². The number of alkyl halides is 3. The summed E-state index contributed by atoms with van der Waals surface area (Å²) in [6.07, 6.45) is -3.81. The summed E-state index contributed by atoms with van der Waals surface area (Å²) in [7, 11) is 0. The standard InChI is InChI=1S/C17H14F3N3OS/c18-17(19,20)11-3-6-14-13(9-11)23-16(25-14)15(24)22-8-7-10-1-4-12(21)5-2-10/h1-6,9H,7-8,21H2,(H,22,24). The molecule has 1 aromatic heterocycles. The number of carbonyl (C=O) groups excluding carboxylic acids is 1. The maximum atomic E-state index is 12.7. The minimum Gasteiger partial charge on any atom is -0.399 e. The molecule has 1 amide bonds. The lowest BCUT2D eigenvalue weighted by Gasteiger charge is -2.04. The Labute approximate surface area is 145 Å². The Balaban J connectivity index is 1.66. The van der Waals surface area contributed by atoms with Crippen molar-refractivity contribution in [2.45, 2.75) is 12.6 Å². The van der Waals surface area contributed by atoms with E-state index in [2.05, 4.69) is 10.3 Å². The highest BCUT2D eigenvalue weighted by Gasteiger charge is 2.31. The molecule has 0 aliphatic rings. The number of amides is 1. The summed E-state index contributed by atoms with van der Waals surface area (Å²) < 4.78 is 38.7. The third kappa shape index (κ3) is 4.08. The summed E-state index contributed by atoms with van der Waals surface area (Å²) >= 11 is 1.07. The summed E-state index contributed by atoms with van der Waals surface area (Å²) in [6, 6.07) is 10.6. The van der Waals surface area contributed by atoms with Crippen LogP contribution in [0.25, 0.3) is 10.2 Å². The fraction of sp³-hybridized carbons (Fsp3) is 0.176. The van der Waals surface area contributed by atoms with Crippen LogP contribution in [0.3, 0.4) is 0 Å². The van der Waals surface area contributed by atoms with E-state index < -0.39 is 17.6 Å². The van der Waals surface area contributed by atoms with Gasteiger partial charge in [-0.3, -0.25) is 4.79 Å². The van der Waals surface area contributed by atoms with Gasteiger partial charge in [0.05, 0.1) is 15.8 Å². The second-order valence-corrected chi connectivity index (χ2v) is 6.48. The summed E-state index contributed by atoms with van der Waals surface area (Å²) in [5.41, 5.74) is 6.69. The van der Waals surface area contributed by atoms with Crippen molar-refractivity contribution in [1.82, 2.24) is 10.3 Å². The van der Waals surface area contributed by atoms with Gasteiger partial charge in [0.1, 0.15) is 0 Å². The molecular formula is C17H14F3N3OS. The van der Waals surface area contributed by atoms with E-state index in [9.17, 15) is 18.0 Å². The molecule has 0 bridgehead atoms. The molecule has 0 saturated heterocycles. The first-order chi connectivity index (χ1) is 11.8. The first-order valence-corrected chi connectivity index (χ1v) is 8.25. The van der Waals surface area contributed by atoms with Gasteiger partial charge >= 0.3 is 6.18 Å². The SMILES string of the molecule is Nc1ccc(CCNC(=O)c2nc3cc(C(F)(F)F)ccc3s2)cc1. The van der Waals surface area contributed by atoms with Crippen molar-refractivity contribution in [3.05, 3.63) is 58.6 Å². The molecule has 3 N–H and O–H groups in total. The number of anilines is 1. The van der Waals surface area contributed by atoms with Crippen LogP contribution >= 0.6 is 11.3 Å². The molecule has 0 spiro atoms. The zero-order chi connectivity index (χ0) is 18.0. The third-order valence-electron chi connectivity index (χ3n) is 3.59. The predicted octanol–water partition coefficient (Wildman–Crippen LogP) is 3.87. The average Bonchev–Trinajstić information content (AvgIpc) is 2.99. The van der Waals surface area contributed by atoms with E-state index in [1.165, 1.54) is 6.07 Å². The van der Waals surface area contributed by atoms with Gasteiger partial charge < -0.3 is 11.1 Å². The lowest BCUT2D eigenvalue weighted by atomic mass is 10.1. The van der Waals surface area contributed by atoms with E-state index in [-0.39, 0.29) is 10.5 Å². The van der Waals surface area contributed by atoms with Gasteiger partial charge in [-0.15, -0.1) is 11.3 Å². The van der Waals surface area contributed by atoms with Crippen molar-refractivity contribution in [1.29, 1.82) is 0 Å². The Bertz CT molecular complexity index is 904. The number of nitrogens with one attached hydrogen (secondary N) is 1. The Hall–Kier alpha value is -2.61. The highest BCUT2D eigenvalue weighted by atomic mass is 32.1. The molecule has 3 rings (SSSR count). The smallest absolute Gasteiger partial charge is 0.399 e. The van der Waals surface area contributed by atoms with Gasteiger partial charge in [0.25, 0.3) is 5.91 Å².